The van der Waals surface area contributed by atoms with Crippen LogP contribution >= 0.6 is 0 Å². The standard InChI is InChI=1S/C14H16N4O/c1-5-15-6-2-11(1)13-9-14(18-10-17-13)19-12-3-7-16-8-4-12/h1-2,5-6,9-10,12,16H,3-4,7-8H2. The summed E-state index contributed by atoms with van der Waals surface area (Å²) >= 11 is 0. The van der Waals surface area contributed by atoms with Gasteiger partial charge in [-0.1, -0.05) is 0 Å². The van der Waals surface area contributed by atoms with Gasteiger partial charge in [0.05, 0.1) is 5.69 Å². The topological polar surface area (TPSA) is 59.9 Å². The zero-order valence-corrected chi connectivity index (χ0v) is 10.6. The Kier molecular flexibility index (Phi) is 3.65. The molecule has 0 aromatic carbocycles. The van der Waals surface area contributed by atoms with Gasteiger partial charge in [0.2, 0.25) is 5.88 Å². The molecule has 19 heavy (non-hydrogen) atoms. The van der Waals surface area contributed by atoms with Crippen molar-refractivity contribution in [2.24, 2.45) is 0 Å². The number of piperidine rings is 1. The molecule has 5 nitrogen and oxygen atoms in total. The molecule has 0 atom stereocenters. The normalized spacial score (nSPS) is 16.2. The molecule has 0 unspecified atom stereocenters. The Hall–Kier alpha value is -2.01. The predicted molar refractivity (Wildman–Crippen MR) is 71.8 cm³/mol. The first-order chi connectivity index (χ1) is 9.42. The third kappa shape index (κ3) is 3.06. The van der Waals surface area contributed by atoms with E-state index in [1.165, 1.54) is 0 Å². The molecule has 1 aliphatic rings. The number of nitrogens with zero attached hydrogens (tertiary/aromatic N) is 3. The lowest BCUT2D eigenvalue weighted by molar-refractivity contribution is 0.156. The van der Waals surface area contributed by atoms with Gasteiger partial charge in [0.25, 0.3) is 0 Å². The minimum atomic E-state index is 0.251. The number of pyridine rings is 1. The van der Waals surface area contributed by atoms with E-state index in [4.69, 9.17) is 4.74 Å². The summed E-state index contributed by atoms with van der Waals surface area (Å²) in [5, 5.41) is 3.32. The highest BCUT2D eigenvalue weighted by atomic mass is 16.5. The molecule has 2 aromatic heterocycles. The Bertz CT molecular complexity index is 526. The fraction of sp³-hybridized carbons (Fsp3) is 0.357. The summed E-state index contributed by atoms with van der Waals surface area (Å²) in [5.74, 6) is 0.647. The van der Waals surface area contributed by atoms with Crippen molar-refractivity contribution in [3.63, 3.8) is 0 Å². The van der Waals surface area contributed by atoms with E-state index < -0.39 is 0 Å². The first kappa shape index (κ1) is 12.0. The average molecular weight is 256 g/mol. The van der Waals surface area contributed by atoms with Crippen molar-refractivity contribution in [2.45, 2.75) is 18.9 Å². The fourth-order valence-electron chi connectivity index (χ4n) is 2.17. The molecular formula is C14H16N4O. The lowest BCUT2D eigenvalue weighted by Gasteiger charge is -2.23. The van der Waals surface area contributed by atoms with Crippen molar-refractivity contribution in [2.75, 3.05) is 13.1 Å². The highest BCUT2D eigenvalue weighted by Gasteiger charge is 2.15. The summed E-state index contributed by atoms with van der Waals surface area (Å²) < 4.78 is 5.91. The minimum absolute atomic E-state index is 0.251. The van der Waals surface area contributed by atoms with Crippen LogP contribution < -0.4 is 10.1 Å². The van der Waals surface area contributed by atoms with Gasteiger partial charge < -0.3 is 10.1 Å². The Balaban J connectivity index is 1.76. The third-order valence-electron chi connectivity index (χ3n) is 3.19. The molecule has 0 spiro atoms. The van der Waals surface area contributed by atoms with Crippen LogP contribution in [0.25, 0.3) is 11.3 Å². The Morgan fingerprint density at radius 3 is 2.68 bits per heavy atom. The van der Waals surface area contributed by atoms with E-state index in [1.807, 2.05) is 18.2 Å². The summed E-state index contributed by atoms with van der Waals surface area (Å²) in [6, 6.07) is 5.74. The maximum atomic E-state index is 5.91. The third-order valence-corrected chi connectivity index (χ3v) is 3.19. The van der Waals surface area contributed by atoms with Crippen LogP contribution in [-0.2, 0) is 0 Å². The molecule has 98 valence electrons. The van der Waals surface area contributed by atoms with Gasteiger partial charge in [-0.25, -0.2) is 9.97 Å². The summed E-state index contributed by atoms with van der Waals surface area (Å²) in [6.45, 7) is 2.01. The highest BCUT2D eigenvalue weighted by molar-refractivity contribution is 5.58. The van der Waals surface area contributed by atoms with Crippen LogP contribution in [0.1, 0.15) is 12.8 Å². The van der Waals surface area contributed by atoms with E-state index in [9.17, 15) is 0 Å². The molecule has 1 fully saturated rings. The van der Waals surface area contributed by atoms with Gasteiger partial charge in [-0.2, -0.15) is 0 Å². The molecule has 0 aliphatic carbocycles. The molecule has 0 bridgehead atoms. The highest BCUT2D eigenvalue weighted by Crippen LogP contribution is 2.20. The van der Waals surface area contributed by atoms with Crippen molar-refractivity contribution >= 4 is 0 Å². The molecule has 0 saturated carbocycles. The summed E-state index contributed by atoms with van der Waals surface area (Å²) in [6.07, 6.45) is 7.35. The number of ether oxygens (including phenoxy) is 1. The molecule has 0 amide bonds. The molecule has 2 aromatic rings. The van der Waals surface area contributed by atoms with Gasteiger partial charge in [-0.3, -0.25) is 4.98 Å². The monoisotopic (exact) mass is 256 g/mol. The van der Waals surface area contributed by atoms with E-state index >= 15 is 0 Å². The zero-order valence-electron chi connectivity index (χ0n) is 10.6. The van der Waals surface area contributed by atoms with Crippen molar-refractivity contribution in [3.05, 3.63) is 36.9 Å². The van der Waals surface area contributed by atoms with Gasteiger partial charge in [0, 0.05) is 24.0 Å². The van der Waals surface area contributed by atoms with Crippen LogP contribution in [0.15, 0.2) is 36.9 Å². The summed E-state index contributed by atoms with van der Waals surface area (Å²) in [7, 11) is 0. The van der Waals surface area contributed by atoms with E-state index in [1.54, 1.807) is 18.7 Å². The molecule has 1 aliphatic heterocycles. The number of hydrogen-bond acceptors (Lipinski definition) is 5. The molecule has 5 heteroatoms. The first-order valence-corrected chi connectivity index (χ1v) is 6.51. The van der Waals surface area contributed by atoms with Crippen LogP contribution in [-0.4, -0.2) is 34.1 Å². The van der Waals surface area contributed by atoms with Gasteiger partial charge in [0.1, 0.15) is 12.4 Å². The van der Waals surface area contributed by atoms with Crippen LogP contribution in [0.5, 0.6) is 5.88 Å². The second kappa shape index (κ2) is 5.75. The van der Waals surface area contributed by atoms with Gasteiger partial charge in [-0.05, 0) is 38.1 Å². The number of rotatable bonds is 3. The van der Waals surface area contributed by atoms with Crippen molar-refractivity contribution in [1.29, 1.82) is 0 Å². The Morgan fingerprint density at radius 2 is 1.89 bits per heavy atom. The van der Waals surface area contributed by atoms with Gasteiger partial charge in [0.15, 0.2) is 0 Å². The zero-order chi connectivity index (χ0) is 12.9. The van der Waals surface area contributed by atoms with E-state index in [2.05, 4.69) is 20.3 Å². The SMILES string of the molecule is c1cc(-c2cc(OC3CCNCC3)ncn2)ccn1. The average Bonchev–Trinajstić information content (AvgIpc) is 2.49. The van der Waals surface area contributed by atoms with E-state index in [-0.39, 0.29) is 6.10 Å². The Morgan fingerprint density at radius 1 is 1.11 bits per heavy atom. The molecule has 1 saturated heterocycles. The van der Waals surface area contributed by atoms with Gasteiger partial charge in [-0.15, -0.1) is 0 Å². The lowest BCUT2D eigenvalue weighted by atomic mass is 10.1. The maximum absolute atomic E-state index is 5.91. The predicted octanol–water partition coefficient (Wildman–Crippen LogP) is 1.67. The minimum Gasteiger partial charge on any atom is -0.474 e. The van der Waals surface area contributed by atoms with Crippen LogP contribution in [0.2, 0.25) is 0 Å². The summed E-state index contributed by atoms with van der Waals surface area (Å²) in [4.78, 5) is 12.5. The fourth-order valence-corrected chi connectivity index (χ4v) is 2.17. The van der Waals surface area contributed by atoms with E-state index in [0.717, 1.165) is 37.2 Å². The second-order valence-electron chi connectivity index (χ2n) is 4.54. The van der Waals surface area contributed by atoms with Crippen LogP contribution in [0.3, 0.4) is 0 Å². The summed E-state index contributed by atoms with van der Waals surface area (Å²) in [5.41, 5.74) is 1.88. The first-order valence-electron chi connectivity index (χ1n) is 6.51. The number of aromatic nitrogens is 3. The number of hydrogen-bond donors (Lipinski definition) is 1. The molecule has 0 radical (unpaired) electrons. The van der Waals surface area contributed by atoms with E-state index in [0.29, 0.717) is 5.88 Å². The van der Waals surface area contributed by atoms with Gasteiger partial charge >= 0.3 is 0 Å². The smallest absolute Gasteiger partial charge is 0.217 e. The van der Waals surface area contributed by atoms with Crippen molar-refractivity contribution < 1.29 is 4.74 Å². The number of nitrogens with one attached hydrogen (secondary N) is 1. The van der Waals surface area contributed by atoms with Crippen molar-refractivity contribution in [1.82, 2.24) is 20.3 Å². The molecule has 3 heterocycles. The maximum Gasteiger partial charge on any atom is 0.217 e. The van der Waals surface area contributed by atoms with Crippen molar-refractivity contribution in [3.8, 4) is 17.1 Å². The molecular weight excluding hydrogens is 240 g/mol. The largest absolute Gasteiger partial charge is 0.474 e. The second-order valence-corrected chi connectivity index (χ2v) is 4.54. The molecule has 3 rings (SSSR count). The quantitative estimate of drug-likeness (QED) is 0.905. The van der Waals surface area contributed by atoms with Crippen LogP contribution in [0, 0.1) is 0 Å². The molecule has 1 N–H and O–H groups in total. The Labute approximate surface area is 112 Å². The van der Waals surface area contributed by atoms with Crippen LogP contribution in [0.4, 0.5) is 0 Å². The lowest BCUT2D eigenvalue weighted by Crippen LogP contribution is -2.34.